The Hall–Kier alpha value is -1.85. The number of fused-ring (bicyclic) bond motifs is 1. The van der Waals surface area contributed by atoms with E-state index < -0.39 is 6.10 Å². The van der Waals surface area contributed by atoms with Crippen molar-refractivity contribution in [2.45, 2.75) is 33.8 Å². The second kappa shape index (κ2) is 7.62. The molecule has 0 saturated heterocycles. The molecule has 1 heterocycles. The fourth-order valence-electron chi connectivity index (χ4n) is 2.21. The highest BCUT2D eigenvalue weighted by molar-refractivity contribution is 5.96. The van der Waals surface area contributed by atoms with E-state index in [1.54, 1.807) is 6.07 Å². The molecule has 1 aromatic carbocycles. The highest BCUT2D eigenvalue weighted by Crippen LogP contribution is 2.23. The van der Waals surface area contributed by atoms with E-state index in [1.165, 1.54) is 0 Å². The molecule has 2 rings (SSSR count). The van der Waals surface area contributed by atoms with E-state index in [-0.39, 0.29) is 24.8 Å². The summed E-state index contributed by atoms with van der Waals surface area (Å²) in [6, 6.07) is 5.65. The van der Waals surface area contributed by atoms with E-state index in [0.717, 1.165) is 16.5 Å². The van der Waals surface area contributed by atoms with Gasteiger partial charge in [0.15, 0.2) is 5.76 Å². The summed E-state index contributed by atoms with van der Waals surface area (Å²) < 4.78 is 10.9. The number of furan rings is 1. The van der Waals surface area contributed by atoms with Crippen molar-refractivity contribution in [1.29, 1.82) is 0 Å². The van der Waals surface area contributed by atoms with Gasteiger partial charge in [-0.2, -0.15) is 0 Å². The summed E-state index contributed by atoms with van der Waals surface area (Å²) in [5.74, 6) is 0.332. The minimum Gasteiger partial charge on any atom is -0.451 e. The molecule has 5 nitrogen and oxygen atoms in total. The number of nitrogens with one attached hydrogen (secondary N) is 1. The van der Waals surface area contributed by atoms with Gasteiger partial charge >= 0.3 is 0 Å². The van der Waals surface area contributed by atoms with Gasteiger partial charge in [-0.3, -0.25) is 4.79 Å². The zero-order chi connectivity index (χ0) is 17.0. The quantitative estimate of drug-likeness (QED) is 0.823. The van der Waals surface area contributed by atoms with E-state index in [0.29, 0.717) is 18.1 Å². The normalized spacial score (nSPS) is 12.8. The molecule has 0 radical (unpaired) electrons. The minimum atomic E-state index is -0.730. The molecule has 126 valence electrons. The van der Waals surface area contributed by atoms with E-state index in [9.17, 15) is 9.90 Å². The SMILES string of the molecule is Cc1cc2cc(C(=O)NCC(O)COCC(C)C)oc2cc1C. The average molecular weight is 319 g/mol. The Bertz CT molecular complexity index is 636. The lowest BCUT2D eigenvalue weighted by Gasteiger charge is -2.12. The molecule has 1 aromatic heterocycles. The van der Waals surface area contributed by atoms with Gasteiger partial charge in [-0.05, 0) is 49.1 Å². The number of amides is 1. The van der Waals surface area contributed by atoms with Crippen LogP contribution in [0.15, 0.2) is 22.6 Å². The molecule has 0 aliphatic rings. The van der Waals surface area contributed by atoms with E-state index in [1.807, 2.05) is 39.8 Å². The second-order valence-electron chi connectivity index (χ2n) is 6.38. The Morgan fingerprint density at radius 2 is 1.91 bits per heavy atom. The Morgan fingerprint density at radius 3 is 2.61 bits per heavy atom. The highest BCUT2D eigenvalue weighted by Gasteiger charge is 2.14. The zero-order valence-corrected chi connectivity index (χ0v) is 14.2. The molecule has 1 unspecified atom stereocenters. The van der Waals surface area contributed by atoms with E-state index >= 15 is 0 Å². The van der Waals surface area contributed by atoms with Crippen LogP contribution in [0, 0.1) is 19.8 Å². The summed E-state index contributed by atoms with van der Waals surface area (Å²) in [7, 11) is 0. The third-order valence-electron chi connectivity index (χ3n) is 3.62. The van der Waals surface area contributed by atoms with Crippen molar-refractivity contribution in [1.82, 2.24) is 5.32 Å². The van der Waals surface area contributed by atoms with Crippen LogP contribution in [0.1, 0.15) is 35.5 Å². The smallest absolute Gasteiger partial charge is 0.287 e. The fraction of sp³-hybridized carbons (Fsp3) is 0.500. The molecule has 0 spiro atoms. The number of aliphatic hydroxyl groups excluding tert-OH is 1. The van der Waals surface area contributed by atoms with Gasteiger partial charge < -0.3 is 19.6 Å². The summed E-state index contributed by atoms with van der Waals surface area (Å²) in [5.41, 5.74) is 2.97. The van der Waals surface area contributed by atoms with E-state index in [2.05, 4.69) is 5.32 Å². The maximum atomic E-state index is 12.1. The zero-order valence-electron chi connectivity index (χ0n) is 14.2. The molecule has 0 aliphatic carbocycles. The first-order valence-corrected chi connectivity index (χ1v) is 7.91. The molecule has 0 fully saturated rings. The van der Waals surface area contributed by atoms with Crippen molar-refractivity contribution in [3.05, 3.63) is 35.1 Å². The predicted molar refractivity (Wildman–Crippen MR) is 89.7 cm³/mol. The standard InChI is InChI=1S/C18H25NO4/c1-11(2)9-22-10-15(20)8-19-18(21)17-7-14-5-12(3)13(4)6-16(14)23-17/h5-7,11,15,20H,8-10H2,1-4H3,(H,19,21). The van der Waals surface area contributed by atoms with Crippen LogP contribution in [0.2, 0.25) is 0 Å². The van der Waals surface area contributed by atoms with Gasteiger partial charge in [0.05, 0.1) is 12.7 Å². The Labute approximate surface area is 136 Å². The number of aryl methyl sites for hydroxylation is 2. The first-order chi connectivity index (χ1) is 10.9. The van der Waals surface area contributed by atoms with Gasteiger partial charge in [0.25, 0.3) is 5.91 Å². The largest absolute Gasteiger partial charge is 0.451 e. The van der Waals surface area contributed by atoms with Gasteiger partial charge in [0, 0.05) is 18.5 Å². The molecular weight excluding hydrogens is 294 g/mol. The molecular formula is C18H25NO4. The maximum Gasteiger partial charge on any atom is 0.287 e. The van der Waals surface area contributed by atoms with Crippen LogP contribution in [0.5, 0.6) is 0 Å². The van der Waals surface area contributed by atoms with Crippen LogP contribution in [-0.2, 0) is 4.74 Å². The fourth-order valence-corrected chi connectivity index (χ4v) is 2.21. The lowest BCUT2D eigenvalue weighted by molar-refractivity contribution is 0.0257. The molecule has 1 amide bonds. The van der Waals surface area contributed by atoms with Gasteiger partial charge in [0.1, 0.15) is 5.58 Å². The van der Waals surface area contributed by atoms with Crippen molar-refractivity contribution in [2.24, 2.45) is 5.92 Å². The maximum absolute atomic E-state index is 12.1. The molecule has 23 heavy (non-hydrogen) atoms. The van der Waals surface area contributed by atoms with Crippen molar-refractivity contribution in [2.75, 3.05) is 19.8 Å². The van der Waals surface area contributed by atoms with Crippen LogP contribution < -0.4 is 5.32 Å². The average Bonchev–Trinajstić information content (AvgIpc) is 2.87. The van der Waals surface area contributed by atoms with Crippen molar-refractivity contribution in [3.63, 3.8) is 0 Å². The minimum absolute atomic E-state index is 0.131. The first kappa shape index (κ1) is 17.5. The number of aliphatic hydroxyl groups is 1. The Kier molecular flexibility index (Phi) is 5.80. The van der Waals surface area contributed by atoms with Crippen LogP contribution in [-0.4, -0.2) is 36.9 Å². The Morgan fingerprint density at radius 1 is 1.22 bits per heavy atom. The van der Waals surface area contributed by atoms with Gasteiger partial charge in [-0.25, -0.2) is 0 Å². The number of carbonyl (C=O) groups excluding carboxylic acids is 1. The van der Waals surface area contributed by atoms with Crippen LogP contribution >= 0.6 is 0 Å². The molecule has 1 atom stereocenters. The van der Waals surface area contributed by atoms with Crippen LogP contribution in [0.3, 0.4) is 0 Å². The van der Waals surface area contributed by atoms with Crippen molar-refractivity contribution in [3.8, 4) is 0 Å². The highest BCUT2D eigenvalue weighted by atomic mass is 16.5. The number of hydrogen-bond donors (Lipinski definition) is 2. The summed E-state index contributed by atoms with van der Waals surface area (Å²) in [6.07, 6.45) is -0.730. The van der Waals surface area contributed by atoms with Gasteiger partial charge in [0.2, 0.25) is 0 Å². The van der Waals surface area contributed by atoms with Gasteiger partial charge in [-0.15, -0.1) is 0 Å². The predicted octanol–water partition coefficient (Wildman–Crippen LogP) is 2.81. The number of carbonyl (C=O) groups is 1. The summed E-state index contributed by atoms with van der Waals surface area (Å²) in [6.45, 7) is 9.04. The molecule has 5 heteroatoms. The summed E-state index contributed by atoms with van der Waals surface area (Å²) in [4.78, 5) is 12.1. The topological polar surface area (TPSA) is 71.7 Å². The summed E-state index contributed by atoms with van der Waals surface area (Å²) >= 11 is 0. The molecule has 0 aliphatic heterocycles. The number of ether oxygens (including phenoxy) is 1. The number of benzene rings is 1. The molecule has 0 saturated carbocycles. The van der Waals surface area contributed by atoms with Crippen LogP contribution in [0.25, 0.3) is 11.0 Å². The molecule has 0 bridgehead atoms. The lowest BCUT2D eigenvalue weighted by atomic mass is 10.1. The second-order valence-corrected chi connectivity index (χ2v) is 6.38. The summed E-state index contributed by atoms with van der Waals surface area (Å²) in [5, 5.41) is 13.4. The van der Waals surface area contributed by atoms with Crippen molar-refractivity contribution < 1.29 is 19.1 Å². The van der Waals surface area contributed by atoms with E-state index in [4.69, 9.17) is 9.15 Å². The Balaban J connectivity index is 1.90. The number of hydrogen-bond acceptors (Lipinski definition) is 4. The third kappa shape index (κ3) is 4.81. The third-order valence-corrected chi connectivity index (χ3v) is 3.62. The van der Waals surface area contributed by atoms with Gasteiger partial charge in [-0.1, -0.05) is 13.8 Å². The monoisotopic (exact) mass is 319 g/mol. The lowest BCUT2D eigenvalue weighted by Crippen LogP contribution is -2.34. The van der Waals surface area contributed by atoms with Crippen LogP contribution in [0.4, 0.5) is 0 Å². The molecule has 2 N–H and O–H groups in total. The van der Waals surface area contributed by atoms with Crippen molar-refractivity contribution >= 4 is 16.9 Å². The first-order valence-electron chi connectivity index (χ1n) is 7.91. The molecule has 2 aromatic rings. The number of rotatable bonds is 7.